The van der Waals surface area contributed by atoms with Crippen LogP contribution in [0.4, 0.5) is 10.8 Å². The summed E-state index contributed by atoms with van der Waals surface area (Å²) in [6, 6.07) is 9.96. The summed E-state index contributed by atoms with van der Waals surface area (Å²) in [5.74, 6) is 0.217. The SMILES string of the molecule is Cc1csc(N(CC/C(N)=N/O)c2ccccc2)n1. The fourth-order valence-electron chi connectivity index (χ4n) is 1.69. The number of aryl methyl sites for hydroxylation is 1. The van der Waals surface area contributed by atoms with Crippen molar-refractivity contribution < 1.29 is 5.21 Å². The van der Waals surface area contributed by atoms with Crippen LogP contribution in [0.15, 0.2) is 40.9 Å². The number of nitrogens with zero attached hydrogens (tertiary/aromatic N) is 3. The molecule has 0 spiro atoms. The van der Waals surface area contributed by atoms with E-state index in [1.165, 1.54) is 0 Å². The van der Waals surface area contributed by atoms with Crippen molar-refractivity contribution in [1.82, 2.24) is 4.98 Å². The molecule has 1 aromatic carbocycles. The fourth-order valence-corrected chi connectivity index (χ4v) is 2.53. The molecule has 0 atom stereocenters. The van der Waals surface area contributed by atoms with Gasteiger partial charge in [-0.05, 0) is 19.1 Å². The van der Waals surface area contributed by atoms with Crippen molar-refractivity contribution in [2.75, 3.05) is 11.4 Å². The molecule has 0 aliphatic rings. The molecular weight excluding hydrogens is 260 g/mol. The number of hydrogen-bond donors (Lipinski definition) is 2. The Labute approximate surface area is 116 Å². The summed E-state index contributed by atoms with van der Waals surface area (Å²) in [6.07, 6.45) is 0.476. The van der Waals surface area contributed by atoms with Crippen molar-refractivity contribution in [2.45, 2.75) is 13.3 Å². The number of amidine groups is 1. The van der Waals surface area contributed by atoms with E-state index in [9.17, 15) is 0 Å². The molecule has 5 nitrogen and oxygen atoms in total. The third-order valence-electron chi connectivity index (χ3n) is 2.63. The normalized spacial score (nSPS) is 11.5. The van der Waals surface area contributed by atoms with Crippen molar-refractivity contribution in [1.29, 1.82) is 0 Å². The van der Waals surface area contributed by atoms with E-state index in [2.05, 4.69) is 15.0 Å². The number of rotatable bonds is 5. The summed E-state index contributed by atoms with van der Waals surface area (Å²) in [7, 11) is 0. The monoisotopic (exact) mass is 276 g/mol. The molecule has 6 heteroatoms. The molecule has 0 aliphatic heterocycles. The van der Waals surface area contributed by atoms with E-state index in [1.807, 2.05) is 42.6 Å². The van der Waals surface area contributed by atoms with Gasteiger partial charge < -0.3 is 15.8 Å². The molecule has 0 saturated carbocycles. The van der Waals surface area contributed by atoms with Gasteiger partial charge in [0.1, 0.15) is 5.84 Å². The molecule has 2 rings (SSSR count). The van der Waals surface area contributed by atoms with Gasteiger partial charge >= 0.3 is 0 Å². The average Bonchev–Trinajstić information content (AvgIpc) is 2.86. The Morgan fingerprint density at radius 1 is 1.42 bits per heavy atom. The first-order chi connectivity index (χ1) is 9.20. The van der Waals surface area contributed by atoms with E-state index in [0.29, 0.717) is 13.0 Å². The number of anilines is 2. The van der Waals surface area contributed by atoms with Crippen LogP contribution in [0.2, 0.25) is 0 Å². The molecule has 1 aromatic heterocycles. The first-order valence-electron chi connectivity index (χ1n) is 5.92. The van der Waals surface area contributed by atoms with Gasteiger partial charge in [-0.1, -0.05) is 23.4 Å². The number of benzene rings is 1. The third kappa shape index (κ3) is 3.45. The molecule has 0 unspecified atom stereocenters. The van der Waals surface area contributed by atoms with Gasteiger partial charge in [0, 0.05) is 24.0 Å². The van der Waals surface area contributed by atoms with Crippen LogP contribution < -0.4 is 10.6 Å². The smallest absolute Gasteiger partial charge is 0.190 e. The van der Waals surface area contributed by atoms with Crippen LogP contribution in [0, 0.1) is 6.92 Å². The largest absolute Gasteiger partial charge is 0.409 e. The van der Waals surface area contributed by atoms with Crippen molar-refractivity contribution in [3.63, 3.8) is 0 Å². The number of nitrogens with two attached hydrogens (primary N) is 1. The Kier molecular flexibility index (Phi) is 4.35. The molecule has 2 aromatic rings. The van der Waals surface area contributed by atoms with E-state index in [-0.39, 0.29) is 5.84 Å². The average molecular weight is 276 g/mol. The molecule has 19 heavy (non-hydrogen) atoms. The Hall–Kier alpha value is -2.08. The van der Waals surface area contributed by atoms with Crippen LogP contribution in [-0.4, -0.2) is 22.6 Å². The number of oxime groups is 1. The molecule has 0 saturated heterocycles. The highest BCUT2D eigenvalue weighted by atomic mass is 32.1. The van der Waals surface area contributed by atoms with E-state index in [4.69, 9.17) is 10.9 Å². The van der Waals surface area contributed by atoms with Gasteiger partial charge in [0.25, 0.3) is 0 Å². The molecule has 0 amide bonds. The van der Waals surface area contributed by atoms with Crippen LogP contribution >= 0.6 is 11.3 Å². The summed E-state index contributed by atoms with van der Waals surface area (Å²) in [5.41, 5.74) is 7.57. The van der Waals surface area contributed by atoms with Gasteiger partial charge in [0.15, 0.2) is 5.13 Å². The molecule has 3 N–H and O–H groups in total. The quantitative estimate of drug-likeness (QED) is 0.381. The van der Waals surface area contributed by atoms with Crippen LogP contribution in [0.25, 0.3) is 0 Å². The van der Waals surface area contributed by atoms with Gasteiger partial charge in [0.05, 0.1) is 5.69 Å². The minimum Gasteiger partial charge on any atom is -0.409 e. The third-order valence-corrected chi connectivity index (χ3v) is 3.61. The maximum atomic E-state index is 8.62. The number of hydrogen-bond acceptors (Lipinski definition) is 5. The topological polar surface area (TPSA) is 74.7 Å². The molecule has 0 aliphatic carbocycles. The van der Waals surface area contributed by atoms with E-state index < -0.39 is 0 Å². The molecule has 1 heterocycles. The van der Waals surface area contributed by atoms with Crippen molar-refractivity contribution in [3.8, 4) is 0 Å². The van der Waals surface area contributed by atoms with Gasteiger partial charge in [-0.25, -0.2) is 4.98 Å². The van der Waals surface area contributed by atoms with Crippen LogP contribution in [0.3, 0.4) is 0 Å². The summed E-state index contributed by atoms with van der Waals surface area (Å²) in [5, 5.41) is 14.5. The van der Waals surface area contributed by atoms with Crippen molar-refractivity contribution in [2.24, 2.45) is 10.9 Å². The first-order valence-corrected chi connectivity index (χ1v) is 6.80. The van der Waals surface area contributed by atoms with E-state index >= 15 is 0 Å². The zero-order valence-electron chi connectivity index (χ0n) is 10.7. The molecule has 0 radical (unpaired) electrons. The highest BCUT2D eigenvalue weighted by Crippen LogP contribution is 2.28. The predicted molar refractivity (Wildman–Crippen MR) is 78.3 cm³/mol. The maximum absolute atomic E-state index is 8.62. The highest BCUT2D eigenvalue weighted by Gasteiger charge is 2.13. The predicted octanol–water partition coefficient (Wildman–Crippen LogP) is 2.73. The fraction of sp³-hybridized carbons (Fsp3) is 0.231. The molecule has 0 fully saturated rings. The molecule has 0 bridgehead atoms. The summed E-state index contributed by atoms with van der Waals surface area (Å²) >= 11 is 1.58. The standard InChI is InChI=1S/C13H16N4OS/c1-10-9-19-13(15-10)17(8-7-12(14)16-18)11-5-3-2-4-6-11/h2-6,9,18H,7-8H2,1H3,(H2,14,16). The maximum Gasteiger partial charge on any atom is 0.190 e. The minimum atomic E-state index is 0.217. The Bertz CT molecular complexity index is 553. The Balaban J connectivity index is 2.23. The van der Waals surface area contributed by atoms with Crippen LogP contribution in [0.1, 0.15) is 12.1 Å². The zero-order chi connectivity index (χ0) is 13.7. The lowest BCUT2D eigenvalue weighted by Crippen LogP contribution is -2.24. The second kappa shape index (κ2) is 6.19. The highest BCUT2D eigenvalue weighted by molar-refractivity contribution is 7.13. The first kappa shape index (κ1) is 13.4. The minimum absolute atomic E-state index is 0.217. The van der Waals surface area contributed by atoms with Crippen LogP contribution in [0.5, 0.6) is 0 Å². The lowest BCUT2D eigenvalue weighted by Gasteiger charge is -2.21. The number of para-hydroxylation sites is 1. The summed E-state index contributed by atoms with van der Waals surface area (Å²) in [6.45, 7) is 2.58. The lowest BCUT2D eigenvalue weighted by atomic mass is 10.3. The summed E-state index contributed by atoms with van der Waals surface area (Å²) < 4.78 is 0. The molecule has 100 valence electrons. The van der Waals surface area contributed by atoms with Gasteiger partial charge in [-0.15, -0.1) is 11.3 Å². The van der Waals surface area contributed by atoms with Gasteiger partial charge in [-0.2, -0.15) is 0 Å². The van der Waals surface area contributed by atoms with Crippen LogP contribution in [-0.2, 0) is 0 Å². The number of aromatic nitrogens is 1. The zero-order valence-corrected chi connectivity index (χ0v) is 11.5. The lowest BCUT2D eigenvalue weighted by molar-refractivity contribution is 0.317. The van der Waals surface area contributed by atoms with Gasteiger partial charge in [0.2, 0.25) is 0 Å². The molecular formula is C13H16N4OS. The number of thiazole rings is 1. The van der Waals surface area contributed by atoms with E-state index in [1.54, 1.807) is 11.3 Å². The Morgan fingerprint density at radius 3 is 2.74 bits per heavy atom. The second-order valence-electron chi connectivity index (χ2n) is 4.10. The van der Waals surface area contributed by atoms with E-state index in [0.717, 1.165) is 16.5 Å². The van der Waals surface area contributed by atoms with Crippen molar-refractivity contribution >= 4 is 28.0 Å². The Morgan fingerprint density at radius 2 is 2.16 bits per heavy atom. The van der Waals surface area contributed by atoms with Gasteiger partial charge in [-0.3, -0.25) is 0 Å². The second-order valence-corrected chi connectivity index (χ2v) is 4.94. The summed E-state index contributed by atoms with van der Waals surface area (Å²) in [4.78, 5) is 6.56. The van der Waals surface area contributed by atoms with Crippen molar-refractivity contribution in [3.05, 3.63) is 41.4 Å².